The molecular weight excluding hydrogens is 325 g/mol. The average Bonchev–Trinajstić information content (AvgIpc) is 2.87. The highest BCUT2D eigenvalue weighted by atomic mass is 32.2. The third-order valence-corrected chi connectivity index (χ3v) is 4.19. The van der Waals surface area contributed by atoms with E-state index in [4.69, 9.17) is 4.74 Å². The summed E-state index contributed by atoms with van der Waals surface area (Å²) >= 11 is 0. The number of carbonyl (C=O) groups excluding carboxylic acids is 1. The van der Waals surface area contributed by atoms with E-state index in [0.717, 1.165) is 6.07 Å². The summed E-state index contributed by atoms with van der Waals surface area (Å²) in [6.45, 7) is 1.79. The van der Waals surface area contributed by atoms with Crippen LogP contribution in [-0.4, -0.2) is 26.5 Å². The van der Waals surface area contributed by atoms with Crippen LogP contribution in [0.3, 0.4) is 0 Å². The molecule has 0 aromatic heterocycles. The molecule has 0 aliphatic heterocycles. The summed E-state index contributed by atoms with van der Waals surface area (Å²) in [6.07, 6.45) is 1.38. The highest BCUT2D eigenvalue weighted by molar-refractivity contribution is 7.88. The zero-order chi connectivity index (χ0) is 16.5. The van der Waals surface area contributed by atoms with E-state index < -0.39 is 27.3 Å². The topological polar surface area (TPSA) is 69.7 Å². The van der Waals surface area contributed by atoms with Crippen LogP contribution in [0.1, 0.15) is 34.8 Å². The van der Waals surface area contributed by atoms with E-state index in [1.807, 2.05) is 0 Å². The lowest BCUT2D eigenvalue weighted by Crippen LogP contribution is -2.28. The van der Waals surface area contributed by atoms with Gasteiger partial charge < -0.3 is 8.92 Å². The number of alkyl halides is 3. The molecule has 9 heteroatoms. The molecule has 0 bridgehead atoms. The molecule has 0 N–H and O–H groups in total. The van der Waals surface area contributed by atoms with Crippen molar-refractivity contribution >= 4 is 16.1 Å². The normalized spacial score (nSPS) is 14.5. The zero-order valence-electron chi connectivity index (χ0n) is 11.6. The number of benzene rings is 1. The van der Waals surface area contributed by atoms with E-state index >= 15 is 0 Å². The highest BCUT2D eigenvalue weighted by Crippen LogP contribution is 2.36. The summed E-state index contributed by atoms with van der Waals surface area (Å²) in [7, 11) is -5.73. The van der Waals surface area contributed by atoms with Crippen LogP contribution in [0, 0.1) is 0 Å². The quantitative estimate of drug-likeness (QED) is 0.479. The molecule has 122 valence electrons. The van der Waals surface area contributed by atoms with Gasteiger partial charge in [-0.15, -0.1) is 0 Å². The Balaban J connectivity index is 2.41. The molecule has 0 spiro atoms. The second-order valence-electron chi connectivity index (χ2n) is 4.63. The summed E-state index contributed by atoms with van der Waals surface area (Å²) in [5.74, 6) is -0.983. The zero-order valence-corrected chi connectivity index (χ0v) is 12.4. The summed E-state index contributed by atoms with van der Waals surface area (Å²) in [4.78, 5) is 11.8. The van der Waals surface area contributed by atoms with Crippen LogP contribution >= 0.6 is 0 Å². The van der Waals surface area contributed by atoms with Crippen molar-refractivity contribution in [3.05, 3.63) is 28.8 Å². The van der Waals surface area contributed by atoms with Gasteiger partial charge in [-0.05, 0) is 49.4 Å². The fourth-order valence-corrected chi connectivity index (χ4v) is 2.80. The molecule has 0 saturated heterocycles. The van der Waals surface area contributed by atoms with Crippen molar-refractivity contribution in [1.29, 1.82) is 0 Å². The van der Waals surface area contributed by atoms with Crippen molar-refractivity contribution in [1.82, 2.24) is 0 Å². The van der Waals surface area contributed by atoms with Crippen LogP contribution < -0.4 is 4.18 Å². The number of fused-ring (bicyclic) bond motifs is 1. The maximum absolute atomic E-state index is 12.4. The fourth-order valence-electron chi connectivity index (χ4n) is 2.32. The van der Waals surface area contributed by atoms with Gasteiger partial charge in [0.25, 0.3) is 0 Å². The molecule has 0 amide bonds. The molecule has 0 saturated carbocycles. The van der Waals surface area contributed by atoms with Crippen molar-refractivity contribution in [2.45, 2.75) is 31.7 Å². The van der Waals surface area contributed by atoms with Crippen LogP contribution in [-0.2, 0) is 27.7 Å². The first-order valence-corrected chi connectivity index (χ1v) is 7.91. The second kappa shape index (κ2) is 5.79. The molecule has 0 radical (unpaired) electrons. The van der Waals surface area contributed by atoms with Gasteiger partial charge in [0, 0.05) is 0 Å². The molecule has 5 nitrogen and oxygen atoms in total. The van der Waals surface area contributed by atoms with E-state index in [2.05, 4.69) is 4.18 Å². The van der Waals surface area contributed by atoms with Gasteiger partial charge in [-0.25, -0.2) is 4.79 Å². The van der Waals surface area contributed by atoms with E-state index in [1.165, 1.54) is 6.07 Å². The lowest BCUT2D eigenvalue weighted by atomic mass is 10.0. The maximum atomic E-state index is 12.4. The van der Waals surface area contributed by atoms with Gasteiger partial charge in [-0.3, -0.25) is 0 Å². The van der Waals surface area contributed by atoms with Crippen LogP contribution in [0.2, 0.25) is 0 Å². The molecule has 22 heavy (non-hydrogen) atoms. The number of hydrogen-bond acceptors (Lipinski definition) is 5. The Morgan fingerprint density at radius 1 is 1.23 bits per heavy atom. The van der Waals surface area contributed by atoms with Crippen molar-refractivity contribution in [2.24, 2.45) is 0 Å². The van der Waals surface area contributed by atoms with Crippen molar-refractivity contribution < 1.29 is 35.3 Å². The Hall–Kier alpha value is -1.77. The standard InChI is InChI=1S/C13H13F3O5S/c1-2-20-12(17)10-6-7-11(9-5-3-4-8(9)10)21-22(18,19)13(14,15)16/h6-7H,2-5H2,1H3. The van der Waals surface area contributed by atoms with Gasteiger partial charge in [-0.1, -0.05) is 0 Å². The van der Waals surface area contributed by atoms with E-state index in [1.54, 1.807) is 6.92 Å². The van der Waals surface area contributed by atoms with E-state index in [0.29, 0.717) is 30.4 Å². The van der Waals surface area contributed by atoms with Crippen LogP contribution in [0.4, 0.5) is 13.2 Å². The van der Waals surface area contributed by atoms with Crippen molar-refractivity contribution in [2.75, 3.05) is 6.61 Å². The third-order valence-electron chi connectivity index (χ3n) is 3.22. The number of ether oxygens (including phenoxy) is 1. The molecule has 1 aliphatic carbocycles. The number of carbonyl (C=O) groups is 1. The predicted octanol–water partition coefficient (Wildman–Crippen LogP) is 2.58. The van der Waals surface area contributed by atoms with Crippen LogP contribution in [0.15, 0.2) is 12.1 Å². The first kappa shape index (κ1) is 16.6. The fraction of sp³-hybridized carbons (Fsp3) is 0.462. The molecule has 0 atom stereocenters. The molecule has 0 unspecified atom stereocenters. The summed E-state index contributed by atoms with van der Waals surface area (Å²) in [5.41, 5.74) is -4.49. The van der Waals surface area contributed by atoms with Crippen molar-refractivity contribution in [3.8, 4) is 5.75 Å². The first-order valence-electron chi connectivity index (χ1n) is 6.50. The van der Waals surface area contributed by atoms with Crippen LogP contribution in [0.5, 0.6) is 5.75 Å². The van der Waals surface area contributed by atoms with Gasteiger partial charge in [0.05, 0.1) is 12.2 Å². The summed E-state index contributed by atoms with van der Waals surface area (Å²) in [5, 5.41) is 0. The number of esters is 1. The first-order chi connectivity index (χ1) is 10.2. The maximum Gasteiger partial charge on any atom is 0.534 e. The van der Waals surface area contributed by atoms with Gasteiger partial charge in [0.1, 0.15) is 5.75 Å². The lowest BCUT2D eigenvalue weighted by molar-refractivity contribution is -0.0500. The Morgan fingerprint density at radius 2 is 1.86 bits per heavy atom. The van der Waals surface area contributed by atoms with Crippen molar-refractivity contribution in [3.63, 3.8) is 0 Å². The Labute approximate surface area is 125 Å². The predicted molar refractivity (Wildman–Crippen MR) is 70.0 cm³/mol. The van der Waals surface area contributed by atoms with E-state index in [9.17, 15) is 26.4 Å². The Kier molecular flexibility index (Phi) is 4.37. The third kappa shape index (κ3) is 3.03. The molecule has 0 heterocycles. The Bertz CT molecular complexity index is 694. The minimum absolute atomic E-state index is 0.161. The monoisotopic (exact) mass is 338 g/mol. The largest absolute Gasteiger partial charge is 0.534 e. The Morgan fingerprint density at radius 3 is 2.45 bits per heavy atom. The average molecular weight is 338 g/mol. The molecule has 1 aliphatic rings. The summed E-state index contributed by atoms with van der Waals surface area (Å²) < 4.78 is 68.5. The highest BCUT2D eigenvalue weighted by Gasteiger charge is 2.49. The minimum Gasteiger partial charge on any atom is -0.462 e. The molecule has 1 aromatic carbocycles. The molecule has 0 fully saturated rings. The minimum atomic E-state index is -5.73. The second-order valence-corrected chi connectivity index (χ2v) is 6.16. The summed E-state index contributed by atoms with van der Waals surface area (Å²) in [6, 6.07) is 2.28. The van der Waals surface area contributed by atoms with Gasteiger partial charge in [-0.2, -0.15) is 21.6 Å². The van der Waals surface area contributed by atoms with Gasteiger partial charge in [0.15, 0.2) is 0 Å². The van der Waals surface area contributed by atoms with Gasteiger partial charge in [0.2, 0.25) is 0 Å². The van der Waals surface area contributed by atoms with Gasteiger partial charge >= 0.3 is 21.6 Å². The molecular formula is C13H13F3O5S. The molecule has 2 rings (SSSR count). The van der Waals surface area contributed by atoms with Crippen LogP contribution in [0.25, 0.3) is 0 Å². The number of halogens is 3. The smallest absolute Gasteiger partial charge is 0.462 e. The number of rotatable bonds is 4. The van der Waals surface area contributed by atoms with E-state index in [-0.39, 0.29) is 12.2 Å². The lowest BCUT2D eigenvalue weighted by Gasteiger charge is -2.14. The number of hydrogen-bond donors (Lipinski definition) is 0. The SMILES string of the molecule is CCOC(=O)c1ccc(OS(=O)(=O)C(F)(F)F)c2c1CCC2. The molecule has 1 aromatic rings.